The Morgan fingerprint density at radius 3 is 1.24 bits per heavy atom. The maximum atomic E-state index is 13.3. The molecule has 0 radical (unpaired) electrons. The number of unbranched alkanes of at least 4 members (excludes halogenated alkanes) is 26. The zero-order valence-corrected chi connectivity index (χ0v) is 43.6. The molecule has 0 aromatic rings. The fourth-order valence-corrected chi connectivity index (χ4v) is 8.34. The third-order valence-corrected chi connectivity index (χ3v) is 12.5. The summed E-state index contributed by atoms with van der Waals surface area (Å²) in [5, 5.41) is 23.9. The molecule has 382 valence electrons. The molecule has 0 rings (SSSR count). The van der Waals surface area contributed by atoms with Crippen LogP contribution in [0.25, 0.3) is 0 Å². The van der Waals surface area contributed by atoms with Crippen LogP contribution in [0.3, 0.4) is 0 Å². The van der Waals surface area contributed by atoms with E-state index in [1.807, 2.05) is 0 Å². The van der Waals surface area contributed by atoms with Crippen molar-refractivity contribution in [3.8, 4) is 0 Å². The van der Waals surface area contributed by atoms with Gasteiger partial charge >= 0.3 is 5.97 Å². The first-order chi connectivity index (χ1) is 32.5. The van der Waals surface area contributed by atoms with Gasteiger partial charge in [0.25, 0.3) is 0 Å². The Morgan fingerprint density at radius 1 is 0.455 bits per heavy atom. The average molecular weight is 923 g/mol. The fourth-order valence-electron chi connectivity index (χ4n) is 8.34. The molecule has 3 N–H and O–H groups in total. The largest absolute Gasteiger partial charge is 0.462 e. The van der Waals surface area contributed by atoms with E-state index in [2.05, 4.69) is 99.0 Å². The van der Waals surface area contributed by atoms with Crippen LogP contribution in [0.5, 0.6) is 0 Å². The number of hydrogen-bond acceptors (Lipinski definition) is 5. The lowest BCUT2D eigenvalue weighted by Crippen LogP contribution is -2.46. The van der Waals surface area contributed by atoms with Crippen molar-refractivity contribution in [2.45, 2.75) is 289 Å². The minimum absolute atomic E-state index is 0.0552. The molecular weight excluding hydrogens is 815 g/mol. The second-order valence-electron chi connectivity index (χ2n) is 18.9. The van der Waals surface area contributed by atoms with E-state index in [9.17, 15) is 19.8 Å². The van der Waals surface area contributed by atoms with Gasteiger partial charge in [-0.15, -0.1) is 0 Å². The molecule has 3 atom stereocenters. The number of esters is 1. The molecule has 0 saturated heterocycles. The van der Waals surface area contributed by atoms with Crippen molar-refractivity contribution in [1.29, 1.82) is 0 Å². The lowest BCUT2D eigenvalue weighted by molar-refractivity contribution is -0.151. The number of carbonyl (C=O) groups is 2. The number of allylic oxidation sites excluding steroid dienone is 12. The summed E-state index contributed by atoms with van der Waals surface area (Å²) in [4.78, 5) is 26.2. The van der Waals surface area contributed by atoms with Crippen LogP contribution >= 0.6 is 0 Å². The van der Waals surface area contributed by atoms with Crippen molar-refractivity contribution in [1.82, 2.24) is 5.32 Å². The standard InChI is InChI=1S/C60H107NO5/c1-4-7-10-13-16-19-22-25-28-30-31-34-37-40-43-46-49-52-58(63)57(55-62)61-59(64)54-56(51-48-45-42-39-36-33-27-24-21-18-15-12-9-6-3)66-60(65)53-50-47-44-41-38-35-32-29-26-23-20-17-14-11-8-5-2/h8-9,11-12,17-18,20-21,26-27,29,33,56-58,62-63H,4-7,10,13-16,19,22-25,28,30-32,34-55H2,1-3H3,(H,61,64)/b11-8+,12-9+,20-17+,21-18+,29-26+,33-27+. The van der Waals surface area contributed by atoms with E-state index in [0.717, 1.165) is 116 Å². The van der Waals surface area contributed by atoms with Crippen molar-refractivity contribution in [3.63, 3.8) is 0 Å². The van der Waals surface area contributed by atoms with E-state index >= 15 is 0 Å². The van der Waals surface area contributed by atoms with Crippen LogP contribution in [0.4, 0.5) is 0 Å². The third kappa shape index (κ3) is 47.8. The number of amides is 1. The molecule has 66 heavy (non-hydrogen) atoms. The number of aliphatic hydroxyl groups excluding tert-OH is 2. The maximum absolute atomic E-state index is 13.3. The monoisotopic (exact) mass is 922 g/mol. The molecular formula is C60H107NO5. The molecule has 0 aromatic heterocycles. The molecule has 0 aliphatic rings. The van der Waals surface area contributed by atoms with Crippen molar-refractivity contribution in [3.05, 3.63) is 72.9 Å². The maximum Gasteiger partial charge on any atom is 0.306 e. The molecule has 1 amide bonds. The molecule has 0 fully saturated rings. The summed E-state index contributed by atoms with van der Waals surface area (Å²) in [5.74, 6) is -0.508. The van der Waals surface area contributed by atoms with Crippen LogP contribution in [0.15, 0.2) is 72.9 Å². The summed E-state index contributed by atoms with van der Waals surface area (Å²) in [7, 11) is 0. The van der Waals surface area contributed by atoms with E-state index in [1.54, 1.807) is 0 Å². The van der Waals surface area contributed by atoms with Crippen LogP contribution in [0, 0.1) is 0 Å². The zero-order chi connectivity index (χ0) is 48.1. The number of ether oxygens (including phenoxy) is 1. The van der Waals surface area contributed by atoms with Gasteiger partial charge in [-0.25, -0.2) is 0 Å². The second-order valence-corrected chi connectivity index (χ2v) is 18.9. The van der Waals surface area contributed by atoms with Crippen LogP contribution in [0.2, 0.25) is 0 Å². The quantitative estimate of drug-likeness (QED) is 0.0321. The normalized spacial score (nSPS) is 13.7. The topological polar surface area (TPSA) is 95.9 Å². The highest BCUT2D eigenvalue weighted by molar-refractivity contribution is 5.77. The third-order valence-electron chi connectivity index (χ3n) is 12.5. The van der Waals surface area contributed by atoms with Crippen molar-refractivity contribution < 1.29 is 24.5 Å². The van der Waals surface area contributed by atoms with Gasteiger partial charge in [0.15, 0.2) is 0 Å². The van der Waals surface area contributed by atoms with Gasteiger partial charge in [-0.1, -0.05) is 241 Å². The van der Waals surface area contributed by atoms with Crippen molar-refractivity contribution in [2.75, 3.05) is 6.61 Å². The molecule has 0 saturated carbocycles. The molecule has 0 aliphatic heterocycles. The zero-order valence-electron chi connectivity index (χ0n) is 43.6. The first-order valence-corrected chi connectivity index (χ1v) is 28.2. The number of hydrogen-bond donors (Lipinski definition) is 3. The van der Waals surface area contributed by atoms with Crippen LogP contribution in [-0.4, -0.2) is 46.9 Å². The Balaban J connectivity index is 4.57. The Hall–Kier alpha value is -2.70. The Morgan fingerprint density at radius 2 is 0.818 bits per heavy atom. The summed E-state index contributed by atoms with van der Waals surface area (Å²) in [6.45, 7) is 6.27. The van der Waals surface area contributed by atoms with Gasteiger partial charge in [-0.05, 0) is 89.9 Å². The van der Waals surface area contributed by atoms with Gasteiger partial charge in [-0.2, -0.15) is 0 Å². The Labute approximate surface area is 409 Å². The highest BCUT2D eigenvalue weighted by Gasteiger charge is 2.24. The van der Waals surface area contributed by atoms with Gasteiger partial charge in [0.1, 0.15) is 6.10 Å². The van der Waals surface area contributed by atoms with Gasteiger partial charge in [0.2, 0.25) is 5.91 Å². The van der Waals surface area contributed by atoms with E-state index < -0.39 is 18.2 Å². The molecule has 3 unspecified atom stereocenters. The summed E-state index contributed by atoms with van der Waals surface area (Å²) < 4.78 is 5.94. The number of aliphatic hydroxyl groups is 2. The van der Waals surface area contributed by atoms with Gasteiger partial charge in [0.05, 0.1) is 25.2 Å². The van der Waals surface area contributed by atoms with Crippen LogP contribution in [-0.2, 0) is 14.3 Å². The van der Waals surface area contributed by atoms with E-state index in [0.29, 0.717) is 19.3 Å². The molecule has 6 heteroatoms. The van der Waals surface area contributed by atoms with E-state index in [1.165, 1.54) is 109 Å². The lowest BCUT2D eigenvalue weighted by Gasteiger charge is -2.24. The number of rotatable bonds is 50. The second kappa shape index (κ2) is 53.3. The molecule has 6 nitrogen and oxygen atoms in total. The van der Waals surface area contributed by atoms with E-state index in [-0.39, 0.29) is 24.9 Å². The lowest BCUT2D eigenvalue weighted by atomic mass is 10.0. The number of nitrogens with one attached hydrogen (secondary N) is 1. The summed E-state index contributed by atoms with van der Waals surface area (Å²) in [6.07, 6.45) is 68.2. The van der Waals surface area contributed by atoms with Crippen LogP contribution in [0.1, 0.15) is 271 Å². The van der Waals surface area contributed by atoms with Crippen molar-refractivity contribution in [2.24, 2.45) is 0 Å². The minimum Gasteiger partial charge on any atom is -0.462 e. The summed E-state index contributed by atoms with van der Waals surface area (Å²) in [6, 6.07) is -0.715. The molecule has 0 heterocycles. The molecule has 0 spiro atoms. The van der Waals surface area contributed by atoms with E-state index in [4.69, 9.17) is 4.74 Å². The highest BCUT2D eigenvalue weighted by Crippen LogP contribution is 2.18. The molecule has 0 aliphatic carbocycles. The SMILES string of the molecule is CC/C=C/C/C=C/C/C=C/CCCCCCCCC(=O)OC(CCCCCC/C=C/C/C=C/C/C=C/CC)CC(=O)NC(CO)C(O)CCCCCCCCCCCCCCCCCCC. The summed E-state index contributed by atoms with van der Waals surface area (Å²) >= 11 is 0. The van der Waals surface area contributed by atoms with Gasteiger partial charge in [0, 0.05) is 6.42 Å². The Kier molecular flexibility index (Phi) is 51.1. The Bertz CT molecular complexity index is 1220. The predicted octanol–water partition coefficient (Wildman–Crippen LogP) is 17.3. The summed E-state index contributed by atoms with van der Waals surface area (Å²) in [5.41, 5.74) is 0. The number of carbonyl (C=O) groups excluding carboxylic acids is 2. The van der Waals surface area contributed by atoms with Gasteiger partial charge in [-0.3, -0.25) is 9.59 Å². The highest BCUT2D eigenvalue weighted by atomic mass is 16.5. The van der Waals surface area contributed by atoms with Crippen LogP contribution < -0.4 is 5.32 Å². The van der Waals surface area contributed by atoms with Gasteiger partial charge < -0.3 is 20.3 Å². The first-order valence-electron chi connectivity index (χ1n) is 28.2. The molecule has 0 bridgehead atoms. The van der Waals surface area contributed by atoms with Crippen molar-refractivity contribution >= 4 is 11.9 Å². The molecule has 0 aromatic carbocycles. The first kappa shape index (κ1) is 63.3. The fraction of sp³-hybridized carbons (Fsp3) is 0.767. The minimum atomic E-state index is -0.800. The predicted molar refractivity (Wildman–Crippen MR) is 287 cm³/mol. The smallest absolute Gasteiger partial charge is 0.306 e. The average Bonchev–Trinajstić information content (AvgIpc) is 3.31.